The first kappa shape index (κ1) is 16.3. The molecule has 0 spiro atoms. The third-order valence-corrected chi connectivity index (χ3v) is 7.54. The Bertz CT molecular complexity index is 850. The third kappa shape index (κ3) is 2.52. The molecule has 2 aromatic rings. The first-order valence-electron chi connectivity index (χ1n) is 8.74. The number of hydrogen-bond donors (Lipinski definition) is 0. The molecule has 0 bridgehead atoms. The van der Waals surface area contributed by atoms with Crippen molar-refractivity contribution in [3.63, 3.8) is 0 Å². The maximum atomic E-state index is 6.51. The molecule has 24 heavy (non-hydrogen) atoms. The van der Waals surface area contributed by atoms with Gasteiger partial charge in [0.05, 0.1) is 0 Å². The van der Waals surface area contributed by atoms with Crippen LogP contribution in [0.25, 0.3) is 16.6 Å². The van der Waals surface area contributed by atoms with Crippen LogP contribution in [0.5, 0.6) is 0 Å². The van der Waals surface area contributed by atoms with Crippen LogP contribution in [0, 0.1) is 0 Å². The quantitative estimate of drug-likeness (QED) is 0.558. The number of halogens is 1. The Hall–Kier alpha value is -1.22. The van der Waals surface area contributed by atoms with Crippen LogP contribution in [0.1, 0.15) is 26.1 Å². The molecule has 126 valence electrons. The van der Waals surface area contributed by atoms with Crippen molar-refractivity contribution in [1.29, 1.82) is 0 Å². The van der Waals surface area contributed by atoms with E-state index in [4.69, 9.17) is 11.6 Å². The number of fused-ring (bicyclic) bond motifs is 3. The molecule has 1 saturated heterocycles. The van der Waals surface area contributed by atoms with E-state index in [0.29, 0.717) is 15.0 Å². The van der Waals surface area contributed by atoms with Crippen molar-refractivity contribution in [2.75, 3.05) is 13.1 Å². The third-order valence-electron chi connectivity index (χ3n) is 4.98. The van der Waals surface area contributed by atoms with Crippen molar-refractivity contribution in [3.8, 4) is 0 Å². The Morgan fingerprint density at radius 2 is 2.12 bits per heavy atom. The van der Waals surface area contributed by atoms with Crippen LogP contribution in [0.4, 0.5) is 0 Å². The summed E-state index contributed by atoms with van der Waals surface area (Å²) in [6.45, 7) is 8.83. The molecule has 1 aromatic carbocycles. The van der Waals surface area contributed by atoms with Crippen molar-refractivity contribution >= 4 is 43.2 Å². The van der Waals surface area contributed by atoms with Gasteiger partial charge < -0.3 is 0 Å². The maximum absolute atomic E-state index is 6.51. The van der Waals surface area contributed by atoms with E-state index in [1.165, 1.54) is 34.3 Å². The molecule has 1 fully saturated rings. The molecule has 0 atom stereocenters. The Kier molecular flexibility index (Phi) is 4.46. The van der Waals surface area contributed by atoms with Crippen LogP contribution >= 0.6 is 11.6 Å². The van der Waals surface area contributed by atoms with Crippen molar-refractivity contribution < 1.29 is 4.57 Å². The van der Waals surface area contributed by atoms with E-state index in [1.54, 1.807) is 4.60 Å². The number of aryl methyl sites for hydroxylation is 2. The van der Waals surface area contributed by atoms with Crippen LogP contribution in [0.2, 0.25) is 10.3 Å². The molecule has 2 aliphatic rings. The minimum absolute atomic E-state index is 0.641. The molecular weight excluding hydrogens is 385 g/mol. The van der Waals surface area contributed by atoms with E-state index in [1.807, 2.05) is 6.07 Å². The number of para-hydroxylation sites is 1. The van der Waals surface area contributed by atoms with E-state index >= 15 is 0 Å². The number of benzene rings is 1. The molecule has 5 heteroatoms. The molecular formula is C19H23ClN3Se+. The van der Waals surface area contributed by atoms with Crippen LogP contribution in [0.15, 0.2) is 34.9 Å². The van der Waals surface area contributed by atoms with Gasteiger partial charge in [-0.1, -0.05) is 0 Å². The zero-order valence-electron chi connectivity index (χ0n) is 14.3. The van der Waals surface area contributed by atoms with Gasteiger partial charge in [0.25, 0.3) is 0 Å². The van der Waals surface area contributed by atoms with Gasteiger partial charge in [-0.3, -0.25) is 0 Å². The summed E-state index contributed by atoms with van der Waals surface area (Å²) in [5.74, 6) is 1.34. The Balaban J connectivity index is 1.81. The molecule has 0 radical (unpaired) electrons. The standard InChI is InChI=1S/C19H23ClN3Se/c1-3-21-12-13-24-17(21)9-8-14-10-11-23-18-15(20)6-5-7-16(18)22(4-2)19(14)23/h5-9H,3-4,10-13H2,1-2H3/q+1. The number of aromatic nitrogens is 2. The van der Waals surface area contributed by atoms with Gasteiger partial charge in [-0.25, -0.2) is 0 Å². The van der Waals surface area contributed by atoms with Gasteiger partial charge in [-0.05, 0) is 0 Å². The summed E-state index contributed by atoms with van der Waals surface area (Å²) in [6, 6.07) is 6.24. The Morgan fingerprint density at radius 3 is 2.92 bits per heavy atom. The molecule has 2 aliphatic heterocycles. The van der Waals surface area contributed by atoms with E-state index in [2.05, 4.69) is 52.2 Å². The number of rotatable bonds is 3. The van der Waals surface area contributed by atoms with Gasteiger partial charge in [-0.15, -0.1) is 0 Å². The summed E-state index contributed by atoms with van der Waals surface area (Å²) < 4.78 is 6.37. The molecule has 0 aliphatic carbocycles. The van der Waals surface area contributed by atoms with Gasteiger partial charge >= 0.3 is 155 Å². The van der Waals surface area contributed by atoms with E-state index < -0.39 is 0 Å². The Morgan fingerprint density at radius 1 is 1.25 bits per heavy atom. The molecule has 0 unspecified atom stereocenters. The SMILES string of the molecule is CCN1CC[Se]C1=CC=C1CC[n+]2c1n(CC)c1cccc(Cl)c12. The average molecular weight is 408 g/mol. The van der Waals surface area contributed by atoms with Gasteiger partial charge in [0.15, 0.2) is 0 Å². The summed E-state index contributed by atoms with van der Waals surface area (Å²) in [4.78, 5) is 2.52. The van der Waals surface area contributed by atoms with E-state index in [0.717, 1.165) is 31.1 Å². The summed E-state index contributed by atoms with van der Waals surface area (Å²) in [6.07, 6.45) is 5.84. The first-order chi connectivity index (χ1) is 11.7. The van der Waals surface area contributed by atoms with Gasteiger partial charge in [0.2, 0.25) is 0 Å². The van der Waals surface area contributed by atoms with Crippen molar-refractivity contribution in [1.82, 2.24) is 9.47 Å². The van der Waals surface area contributed by atoms with Crippen molar-refractivity contribution in [2.45, 2.75) is 38.7 Å². The number of allylic oxidation sites excluding steroid dienone is 3. The molecule has 1 aromatic heterocycles. The van der Waals surface area contributed by atoms with E-state index in [9.17, 15) is 0 Å². The summed E-state index contributed by atoms with van der Waals surface area (Å²) in [7, 11) is 0. The second kappa shape index (κ2) is 6.59. The normalized spacial score (nSPS) is 20.7. The fourth-order valence-corrected chi connectivity index (χ4v) is 6.40. The monoisotopic (exact) mass is 408 g/mol. The van der Waals surface area contributed by atoms with E-state index in [-0.39, 0.29) is 0 Å². The van der Waals surface area contributed by atoms with Gasteiger partial charge in [0, 0.05) is 0 Å². The van der Waals surface area contributed by atoms with Crippen LogP contribution in [-0.4, -0.2) is 37.5 Å². The second-order valence-electron chi connectivity index (χ2n) is 6.20. The molecule has 3 nitrogen and oxygen atoms in total. The molecule has 0 saturated carbocycles. The molecule has 0 N–H and O–H groups in total. The average Bonchev–Trinajstić information content (AvgIpc) is 3.27. The predicted octanol–water partition coefficient (Wildman–Crippen LogP) is 3.69. The number of imidazole rings is 1. The fraction of sp³-hybridized carbons (Fsp3) is 0.421. The number of hydrogen-bond acceptors (Lipinski definition) is 1. The summed E-state index contributed by atoms with van der Waals surface area (Å²) in [5, 5.41) is 2.21. The molecule has 0 amide bonds. The zero-order chi connectivity index (χ0) is 16.7. The summed E-state index contributed by atoms with van der Waals surface area (Å²) in [5.41, 5.74) is 3.88. The van der Waals surface area contributed by atoms with Crippen LogP contribution in [-0.2, 0) is 13.1 Å². The fourth-order valence-electron chi connectivity index (χ4n) is 3.84. The molecule has 3 heterocycles. The Labute approximate surface area is 154 Å². The van der Waals surface area contributed by atoms with Crippen LogP contribution < -0.4 is 4.57 Å². The molecule has 4 rings (SSSR count). The van der Waals surface area contributed by atoms with Crippen molar-refractivity contribution in [3.05, 3.63) is 45.8 Å². The topological polar surface area (TPSA) is 12.1 Å². The van der Waals surface area contributed by atoms with Crippen LogP contribution in [0.3, 0.4) is 0 Å². The van der Waals surface area contributed by atoms with Crippen molar-refractivity contribution in [2.24, 2.45) is 0 Å². The second-order valence-corrected chi connectivity index (χ2v) is 8.95. The summed E-state index contributed by atoms with van der Waals surface area (Å²) >= 11 is 7.15. The van der Waals surface area contributed by atoms with Gasteiger partial charge in [0.1, 0.15) is 0 Å². The first-order valence-corrected chi connectivity index (χ1v) is 11.2. The number of nitrogens with zero attached hydrogens (tertiary/aromatic N) is 3. The minimum atomic E-state index is 0.641. The van der Waals surface area contributed by atoms with Gasteiger partial charge in [-0.2, -0.15) is 0 Å². The predicted molar refractivity (Wildman–Crippen MR) is 101 cm³/mol. The zero-order valence-corrected chi connectivity index (χ0v) is 16.7.